The van der Waals surface area contributed by atoms with Gasteiger partial charge in [0.25, 0.3) is 0 Å². The van der Waals surface area contributed by atoms with Gasteiger partial charge in [0.2, 0.25) is 0 Å². The zero-order chi connectivity index (χ0) is 11.9. The van der Waals surface area contributed by atoms with Crippen LogP contribution in [0.2, 0.25) is 0 Å². The molecular weight excluding hydrogens is 251 g/mol. The summed E-state index contributed by atoms with van der Waals surface area (Å²) >= 11 is -0.0836. The fraction of sp³-hybridized carbons (Fsp3) is 1.00. The van der Waals surface area contributed by atoms with Gasteiger partial charge in [0.15, 0.2) is 0 Å². The zero-order valence-electron chi connectivity index (χ0n) is 8.30. The largest absolute Gasteiger partial charge is 0.441 e. The van der Waals surface area contributed by atoms with Crippen LogP contribution in [0, 0.1) is 0 Å². The van der Waals surface area contributed by atoms with Crippen LogP contribution in [0.4, 0.5) is 13.2 Å². The molecule has 0 aromatic rings. The second kappa shape index (κ2) is 6.59. The van der Waals surface area contributed by atoms with Crippen molar-refractivity contribution in [3.05, 3.63) is 0 Å². The Morgan fingerprint density at radius 1 is 1.27 bits per heavy atom. The molecule has 0 amide bonds. The summed E-state index contributed by atoms with van der Waals surface area (Å²) < 4.78 is 56.3. The normalized spacial score (nSPS) is 13.1. The van der Waals surface area contributed by atoms with Crippen molar-refractivity contribution in [1.82, 2.24) is 5.32 Å². The van der Waals surface area contributed by atoms with Gasteiger partial charge in [0.1, 0.15) is 9.84 Å². The molecule has 0 aliphatic carbocycles. The number of halogens is 3. The predicted molar refractivity (Wildman–Crippen MR) is 55.7 cm³/mol. The maximum absolute atomic E-state index is 11.6. The number of thioether (sulfide) groups is 1. The highest BCUT2D eigenvalue weighted by Gasteiger charge is 2.27. The molecule has 0 heterocycles. The van der Waals surface area contributed by atoms with Crippen molar-refractivity contribution in [2.45, 2.75) is 11.9 Å². The molecule has 0 saturated heterocycles. The Bertz CT molecular complexity index is 264. The number of nitrogens with one attached hydrogen (secondary N) is 1. The van der Waals surface area contributed by atoms with Crippen molar-refractivity contribution >= 4 is 21.6 Å². The third-order valence-electron chi connectivity index (χ3n) is 1.41. The molecule has 0 atom stereocenters. The van der Waals surface area contributed by atoms with Gasteiger partial charge in [0.05, 0.1) is 5.75 Å². The Kier molecular flexibility index (Phi) is 6.62. The van der Waals surface area contributed by atoms with Crippen LogP contribution >= 0.6 is 11.8 Å². The van der Waals surface area contributed by atoms with E-state index in [4.69, 9.17) is 0 Å². The molecule has 8 heteroatoms. The van der Waals surface area contributed by atoms with Crippen LogP contribution in [0.15, 0.2) is 0 Å². The molecule has 0 aromatic heterocycles. The maximum atomic E-state index is 11.6. The first-order chi connectivity index (χ1) is 6.71. The van der Waals surface area contributed by atoms with E-state index in [1.807, 2.05) is 0 Å². The van der Waals surface area contributed by atoms with Crippen molar-refractivity contribution in [3.63, 3.8) is 0 Å². The lowest BCUT2D eigenvalue weighted by molar-refractivity contribution is -0.0327. The van der Waals surface area contributed by atoms with E-state index in [0.717, 1.165) is 6.26 Å². The molecular formula is C7H14F3NO2S2. The average molecular weight is 265 g/mol. The Morgan fingerprint density at radius 3 is 2.33 bits per heavy atom. The molecule has 3 nitrogen and oxygen atoms in total. The molecule has 0 rings (SSSR count). The van der Waals surface area contributed by atoms with Crippen molar-refractivity contribution < 1.29 is 21.6 Å². The first-order valence-corrected chi connectivity index (χ1v) is 7.34. The second-order valence-corrected chi connectivity index (χ2v) is 6.45. The summed E-state index contributed by atoms with van der Waals surface area (Å²) in [6.45, 7) is 0.652. The van der Waals surface area contributed by atoms with Gasteiger partial charge in [-0.3, -0.25) is 0 Å². The topological polar surface area (TPSA) is 46.2 Å². The zero-order valence-corrected chi connectivity index (χ0v) is 9.94. The third-order valence-corrected chi connectivity index (χ3v) is 3.18. The molecule has 0 bridgehead atoms. The van der Waals surface area contributed by atoms with Gasteiger partial charge < -0.3 is 5.32 Å². The monoisotopic (exact) mass is 265 g/mol. The van der Waals surface area contributed by atoms with E-state index in [1.165, 1.54) is 0 Å². The number of hydrogen-bond donors (Lipinski definition) is 1. The van der Waals surface area contributed by atoms with Gasteiger partial charge in [-0.25, -0.2) is 8.42 Å². The first kappa shape index (κ1) is 15.0. The lowest BCUT2D eigenvalue weighted by Crippen LogP contribution is -2.21. The van der Waals surface area contributed by atoms with E-state index in [-0.39, 0.29) is 29.8 Å². The van der Waals surface area contributed by atoms with Crippen LogP contribution < -0.4 is 5.32 Å². The smallest absolute Gasteiger partial charge is 0.316 e. The van der Waals surface area contributed by atoms with Gasteiger partial charge in [0, 0.05) is 18.6 Å². The van der Waals surface area contributed by atoms with Crippen molar-refractivity contribution in [2.24, 2.45) is 0 Å². The van der Waals surface area contributed by atoms with E-state index in [1.54, 1.807) is 0 Å². The van der Waals surface area contributed by atoms with Crippen molar-refractivity contribution in [2.75, 3.05) is 30.9 Å². The molecule has 15 heavy (non-hydrogen) atoms. The van der Waals surface area contributed by atoms with E-state index in [0.29, 0.717) is 13.0 Å². The molecule has 0 radical (unpaired) electrons. The minimum absolute atomic E-state index is 0.0532. The summed E-state index contributed by atoms with van der Waals surface area (Å²) in [6, 6.07) is 0. The van der Waals surface area contributed by atoms with Crippen LogP contribution in [-0.4, -0.2) is 44.8 Å². The van der Waals surface area contributed by atoms with E-state index in [9.17, 15) is 21.6 Å². The van der Waals surface area contributed by atoms with E-state index < -0.39 is 15.3 Å². The number of rotatable bonds is 7. The summed E-state index contributed by atoms with van der Waals surface area (Å²) in [5, 5.41) is 2.75. The fourth-order valence-electron chi connectivity index (χ4n) is 0.823. The van der Waals surface area contributed by atoms with Crippen LogP contribution in [0.1, 0.15) is 6.42 Å². The number of sulfone groups is 1. The van der Waals surface area contributed by atoms with Crippen LogP contribution in [0.25, 0.3) is 0 Å². The second-order valence-electron chi connectivity index (χ2n) is 3.03. The Morgan fingerprint density at radius 2 is 1.87 bits per heavy atom. The Labute approximate surface area is 91.7 Å². The van der Waals surface area contributed by atoms with Gasteiger partial charge in [-0.2, -0.15) is 13.2 Å². The molecule has 0 spiro atoms. The van der Waals surface area contributed by atoms with Gasteiger partial charge >= 0.3 is 5.51 Å². The Hall–Kier alpha value is 0.0500. The summed E-state index contributed by atoms with van der Waals surface area (Å²) in [7, 11) is -2.97. The summed E-state index contributed by atoms with van der Waals surface area (Å²) in [4.78, 5) is 0. The van der Waals surface area contributed by atoms with Gasteiger partial charge in [-0.05, 0) is 24.7 Å². The first-order valence-electron chi connectivity index (χ1n) is 4.30. The SMILES string of the molecule is CS(=O)(=O)CCCNCCSC(F)(F)F. The standard InChI is InChI=1S/C7H14F3NO2S2/c1-15(12,13)6-2-3-11-4-5-14-7(8,9)10/h11H,2-6H2,1H3. The van der Waals surface area contributed by atoms with Gasteiger partial charge in [-0.15, -0.1) is 0 Å². The molecule has 92 valence electrons. The highest BCUT2D eigenvalue weighted by molar-refractivity contribution is 8.00. The molecule has 1 N–H and O–H groups in total. The fourth-order valence-corrected chi connectivity index (χ4v) is 1.97. The van der Waals surface area contributed by atoms with E-state index >= 15 is 0 Å². The molecule has 0 unspecified atom stereocenters. The lowest BCUT2D eigenvalue weighted by atomic mass is 10.5. The molecule has 0 aliphatic heterocycles. The van der Waals surface area contributed by atoms with Crippen LogP contribution in [0.3, 0.4) is 0 Å². The number of hydrogen-bond acceptors (Lipinski definition) is 4. The minimum atomic E-state index is -4.19. The Balaban J connectivity index is 3.27. The third kappa shape index (κ3) is 14.1. The lowest BCUT2D eigenvalue weighted by Gasteiger charge is -2.06. The maximum Gasteiger partial charge on any atom is 0.441 e. The minimum Gasteiger partial charge on any atom is -0.316 e. The van der Waals surface area contributed by atoms with Crippen molar-refractivity contribution in [1.29, 1.82) is 0 Å². The number of alkyl halides is 3. The summed E-state index contributed by atoms with van der Waals surface area (Å²) in [5.74, 6) is 0.00872. The average Bonchev–Trinajstić information content (AvgIpc) is 1.98. The molecule has 0 fully saturated rings. The quantitative estimate of drug-likeness (QED) is 0.704. The molecule has 0 saturated carbocycles. The van der Waals surface area contributed by atoms with Gasteiger partial charge in [-0.1, -0.05) is 0 Å². The summed E-state index contributed by atoms with van der Waals surface area (Å²) in [6.07, 6.45) is 1.56. The van der Waals surface area contributed by atoms with Crippen LogP contribution in [-0.2, 0) is 9.84 Å². The highest BCUT2D eigenvalue weighted by Crippen LogP contribution is 2.29. The molecule has 0 aromatic carbocycles. The highest BCUT2D eigenvalue weighted by atomic mass is 32.2. The van der Waals surface area contributed by atoms with Crippen LogP contribution in [0.5, 0.6) is 0 Å². The summed E-state index contributed by atoms with van der Waals surface area (Å²) in [5.41, 5.74) is -4.19. The predicted octanol–water partition coefficient (Wildman–Crippen LogP) is 1.26. The molecule has 0 aliphatic rings. The van der Waals surface area contributed by atoms with Crippen molar-refractivity contribution in [3.8, 4) is 0 Å². The van der Waals surface area contributed by atoms with E-state index in [2.05, 4.69) is 5.32 Å².